The number of halogens is 3. The molecule has 0 aliphatic heterocycles. The van der Waals surface area contributed by atoms with Gasteiger partial charge in [0.2, 0.25) is 0 Å². The molecule has 0 amide bonds. The third-order valence-corrected chi connectivity index (χ3v) is 4.08. The minimum atomic E-state index is -4.44. The van der Waals surface area contributed by atoms with Crippen LogP contribution in [0.3, 0.4) is 0 Å². The Morgan fingerprint density at radius 1 is 1.17 bits per heavy atom. The normalized spacial score (nSPS) is 13.3. The number of carboxylic acid groups (broad SMARTS) is 1. The van der Waals surface area contributed by atoms with Crippen LogP contribution in [0.1, 0.15) is 12.8 Å². The van der Waals surface area contributed by atoms with Crippen molar-refractivity contribution in [2.45, 2.75) is 19.0 Å². The topological polar surface area (TPSA) is 77.9 Å². The van der Waals surface area contributed by atoms with Gasteiger partial charge in [-0.1, -0.05) is 0 Å². The Hall–Kier alpha value is -0.870. The number of aliphatic carboxylic acids is 1. The molecule has 108 valence electrons. The predicted octanol–water partition coefficient (Wildman–Crippen LogP) is 0.522. The largest absolute Gasteiger partial charge is 0.481 e. The first-order valence-corrected chi connectivity index (χ1v) is 6.32. The van der Waals surface area contributed by atoms with E-state index in [0.29, 0.717) is 8.61 Å². The van der Waals surface area contributed by atoms with Crippen molar-refractivity contribution in [2.24, 2.45) is 0 Å². The molecule has 1 N–H and O–H groups in total. The van der Waals surface area contributed by atoms with Crippen LogP contribution in [0.5, 0.6) is 0 Å². The molecule has 0 aromatic carbocycles. The lowest BCUT2D eigenvalue weighted by Crippen LogP contribution is -2.41. The fourth-order valence-corrected chi connectivity index (χ4v) is 2.13. The highest BCUT2D eigenvalue weighted by Gasteiger charge is 2.31. The van der Waals surface area contributed by atoms with Crippen molar-refractivity contribution in [3.63, 3.8) is 0 Å². The number of rotatable bonds is 7. The van der Waals surface area contributed by atoms with Gasteiger partial charge in [0.15, 0.2) is 0 Å². The molecule has 0 saturated heterocycles. The molecule has 0 aromatic rings. The Balaban J connectivity index is 4.47. The fourth-order valence-electron chi connectivity index (χ4n) is 1.01. The van der Waals surface area contributed by atoms with Crippen LogP contribution >= 0.6 is 0 Å². The minimum absolute atomic E-state index is 0.298. The molecule has 0 bridgehead atoms. The lowest BCUT2D eigenvalue weighted by Gasteiger charge is -2.24. The van der Waals surface area contributed by atoms with Crippen LogP contribution in [0, 0.1) is 0 Å². The van der Waals surface area contributed by atoms with E-state index in [1.807, 2.05) is 0 Å². The van der Waals surface area contributed by atoms with E-state index < -0.39 is 41.7 Å². The van der Waals surface area contributed by atoms with Gasteiger partial charge in [0.05, 0.1) is 12.8 Å². The molecule has 0 heterocycles. The minimum Gasteiger partial charge on any atom is -0.481 e. The molecule has 0 aliphatic rings. The van der Waals surface area contributed by atoms with Crippen LogP contribution in [-0.4, -0.2) is 61.5 Å². The van der Waals surface area contributed by atoms with Gasteiger partial charge in [-0.15, -0.1) is 0 Å². The maximum absolute atomic E-state index is 11.9. The quantitative estimate of drug-likeness (QED) is 0.742. The van der Waals surface area contributed by atoms with Crippen molar-refractivity contribution in [3.8, 4) is 0 Å². The Kier molecular flexibility index (Phi) is 6.04. The number of carboxylic acids is 1. The van der Waals surface area contributed by atoms with Crippen LogP contribution < -0.4 is 0 Å². The van der Waals surface area contributed by atoms with E-state index >= 15 is 0 Å². The summed E-state index contributed by atoms with van der Waals surface area (Å²) < 4.78 is 60.4. The third kappa shape index (κ3) is 6.17. The van der Waals surface area contributed by atoms with E-state index in [0.717, 1.165) is 14.1 Å². The number of hydrogen-bond acceptors (Lipinski definition) is 3. The highest BCUT2D eigenvalue weighted by molar-refractivity contribution is 7.86. The maximum Gasteiger partial charge on any atom is 0.390 e. The standard InChI is InChI=1S/C8H15F3N2O4S/c1-12(5-3-7(14)15)18(16,17)13(2)6-4-8(9,10)11/h3-6H2,1-2H3,(H,14,15). The van der Waals surface area contributed by atoms with Crippen molar-refractivity contribution in [2.75, 3.05) is 27.2 Å². The van der Waals surface area contributed by atoms with Crippen molar-refractivity contribution in [3.05, 3.63) is 0 Å². The van der Waals surface area contributed by atoms with E-state index in [2.05, 4.69) is 0 Å². The summed E-state index contributed by atoms with van der Waals surface area (Å²) in [6.07, 6.45) is -6.11. The van der Waals surface area contributed by atoms with Crippen LogP contribution in [0.15, 0.2) is 0 Å². The second-order valence-electron chi connectivity index (χ2n) is 3.66. The first kappa shape index (κ1) is 17.1. The van der Waals surface area contributed by atoms with E-state index in [9.17, 15) is 26.4 Å². The highest BCUT2D eigenvalue weighted by atomic mass is 32.2. The maximum atomic E-state index is 11.9. The molecule has 0 atom stereocenters. The summed E-state index contributed by atoms with van der Waals surface area (Å²) in [5.74, 6) is -1.19. The highest BCUT2D eigenvalue weighted by Crippen LogP contribution is 2.20. The van der Waals surface area contributed by atoms with Crippen LogP contribution in [0.4, 0.5) is 13.2 Å². The Morgan fingerprint density at radius 2 is 1.61 bits per heavy atom. The van der Waals surface area contributed by atoms with Gasteiger partial charge >= 0.3 is 12.1 Å². The molecule has 6 nitrogen and oxygen atoms in total. The molecular weight excluding hydrogens is 277 g/mol. The van der Waals surface area contributed by atoms with E-state index in [1.54, 1.807) is 0 Å². The summed E-state index contributed by atoms with van der Waals surface area (Å²) in [5.41, 5.74) is 0. The van der Waals surface area contributed by atoms with Crippen LogP contribution in [0.2, 0.25) is 0 Å². The first-order valence-electron chi connectivity index (χ1n) is 4.93. The number of hydrogen-bond donors (Lipinski definition) is 1. The van der Waals surface area contributed by atoms with Gasteiger partial charge in [0.25, 0.3) is 10.2 Å². The van der Waals surface area contributed by atoms with E-state index in [1.165, 1.54) is 0 Å². The van der Waals surface area contributed by atoms with Gasteiger partial charge in [0.1, 0.15) is 0 Å². The summed E-state index contributed by atoms with van der Waals surface area (Å²) >= 11 is 0. The lowest BCUT2D eigenvalue weighted by molar-refractivity contribution is -0.137. The number of carbonyl (C=O) groups is 1. The Labute approximate surface area is 103 Å². The smallest absolute Gasteiger partial charge is 0.390 e. The zero-order chi connectivity index (χ0) is 14.6. The molecular formula is C8H15F3N2O4S. The van der Waals surface area contributed by atoms with Gasteiger partial charge in [-0.2, -0.15) is 30.2 Å². The van der Waals surface area contributed by atoms with Gasteiger partial charge in [-0.25, -0.2) is 0 Å². The average Bonchev–Trinajstić information content (AvgIpc) is 2.20. The zero-order valence-corrected chi connectivity index (χ0v) is 10.8. The Morgan fingerprint density at radius 3 is 2.00 bits per heavy atom. The first-order chi connectivity index (χ1) is 7.97. The zero-order valence-electron chi connectivity index (χ0n) is 9.94. The van der Waals surface area contributed by atoms with Gasteiger partial charge in [-0.3, -0.25) is 4.79 Å². The molecule has 0 saturated carbocycles. The number of nitrogens with zero attached hydrogens (tertiary/aromatic N) is 2. The summed E-state index contributed by atoms with van der Waals surface area (Å²) in [4.78, 5) is 10.3. The summed E-state index contributed by atoms with van der Waals surface area (Å²) in [6.45, 7) is -1.00. The molecule has 0 rings (SSSR count). The van der Waals surface area contributed by atoms with Crippen molar-refractivity contribution >= 4 is 16.2 Å². The molecule has 0 fully saturated rings. The summed E-state index contributed by atoms with van der Waals surface area (Å²) in [6, 6.07) is 0. The number of alkyl halides is 3. The fraction of sp³-hybridized carbons (Fsp3) is 0.875. The molecule has 0 spiro atoms. The molecule has 10 heteroatoms. The predicted molar refractivity (Wildman–Crippen MR) is 57.1 cm³/mol. The van der Waals surface area contributed by atoms with E-state index in [4.69, 9.17) is 5.11 Å². The lowest BCUT2D eigenvalue weighted by atomic mass is 10.4. The molecule has 0 aliphatic carbocycles. The summed E-state index contributed by atoms with van der Waals surface area (Å²) in [5, 5.41) is 8.39. The van der Waals surface area contributed by atoms with E-state index in [-0.39, 0.29) is 6.54 Å². The monoisotopic (exact) mass is 292 g/mol. The van der Waals surface area contributed by atoms with Crippen LogP contribution in [-0.2, 0) is 15.0 Å². The van der Waals surface area contributed by atoms with Gasteiger partial charge in [-0.05, 0) is 0 Å². The average molecular weight is 292 g/mol. The second kappa shape index (κ2) is 6.34. The second-order valence-corrected chi connectivity index (χ2v) is 5.80. The van der Waals surface area contributed by atoms with Crippen molar-refractivity contribution in [1.29, 1.82) is 0 Å². The molecule has 18 heavy (non-hydrogen) atoms. The SMILES string of the molecule is CN(CCC(=O)O)S(=O)(=O)N(C)CCC(F)(F)F. The molecule has 0 radical (unpaired) electrons. The van der Waals surface area contributed by atoms with Crippen molar-refractivity contribution in [1.82, 2.24) is 8.61 Å². The third-order valence-electron chi connectivity index (χ3n) is 2.14. The molecule has 0 aromatic heterocycles. The van der Waals surface area contributed by atoms with Gasteiger partial charge in [0, 0.05) is 27.2 Å². The van der Waals surface area contributed by atoms with Crippen molar-refractivity contribution < 1.29 is 31.5 Å². The Bertz CT molecular complexity index is 382. The molecule has 0 unspecified atom stereocenters. The summed E-state index contributed by atoms with van der Waals surface area (Å²) in [7, 11) is -1.93. The van der Waals surface area contributed by atoms with Gasteiger partial charge < -0.3 is 5.11 Å². The van der Waals surface area contributed by atoms with Crippen LogP contribution in [0.25, 0.3) is 0 Å².